The zero-order chi connectivity index (χ0) is 26.2. The van der Waals surface area contributed by atoms with Crippen molar-refractivity contribution < 1.29 is 23.8 Å². The Hall–Kier alpha value is -3.42. The van der Waals surface area contributed by atoms with Crippen molar-refractivity contribution in [2.45, 2.75) is 32.3 Å². The van der Waals surface area contributed by atoms with Crippen LogP contribution in [0.1, 0.15) is 26.2 Å². The maximum absolute atomic E-state index is 12.9. The van der Waals surface area contributed by atoms with Crippen LogP contribution in [0.3, 0.4) is 0 Å². The van der Waals surface area contributed by atoms with E-state index in [1.807, 2.05) is 30.3 Å². The molecule has 0 spiro atoms. The molecule has 4 rings (SSSR count). The molecule has 3 aromatic rings. The van der Waals surface area contributed by atoms with Gasteiger partial charge in [0.1, 0.15) is 17.2 Å². The lowest BCUT2D eigenvalue weighted by Crippen LogP contribution is -2.45. The topological polar surface area (TPSA) is 77.1 Å². The molecule has 9 heteroatoms. The molecule has 0 fully saturated rings. The third kappa shape index (κ3) is 7.31. The molecule has 0 aliphatic carbocycles. The van der Waals surface area contributed by atoms with Gasteiger partial charge in [-0.25, -0.2) is 0 Å². The summed E-state index contributed by atoms with van der Waals surface area (Å²) in [6.45, 7) is 3.00. The van der Waals surface area contributed by atoms with Crippen molar-refractivity contribution in [1.29, 1.82) is 0 Å². The molecule has 0 radical (unpaired) electrons. The molecule has 0 saturated heterocycles. The van der Waals surface area contributed by atoms with Crippen molar-refractivity contribution in [3.63, 3.8) is 0 Å². The largest absolute Gasteiger partial charge is 0.494 e. The van der Waals surface area contributed by atoms with Crippen LogP contribution in [0.15, 0.2) is 66.7 Å². The number of para-hydroxylation sites is 1. The summed E-state index contributed by atoms with van der Waals surface area (Å²) < 4.78 is 17.2. The van der Waals surface area contributed by atoms with Gasteiger partial charge in [-0.05, 0) is 68.3 Å². The number of rotatable bonds is 11. The monoisotopic (exact) mass is 542 g/mol. The first-order chi connectivity index (χ1) is 17.9. The Bertz CT molecular complexity index is 1240. The number of carbonyl (C=O) groups excluding carboxylic acids is 2. The fourth-order valence-electron chi connectivity index (χ4n) is 3.88. The van der Waals surface area contributed by atoms with E-state index in [0.29, 0.717) is 65.5 Å². The summed E-state index contributed by atoms with van der Waals surface area (Å²) in [5.74, 6) is 1.62. The van der Waals surface area contributed by atoms with E-state index in [1.54, 1.807) is 48.2 Å². The summed E-state index contributed by atoms with van der Waals surface area (Å²) in [5, 5.41) is 3.84. The Kier molecular flexibility index (Phi) is 9.14. The maximum Gasteiger partial charge on any atom is 0.267 e. The fraction of sp³-hybridized carbons (Fsp3) is 0.286. The fourth-order valence-corrected chi connectivity index (χ4v) is 4.34. The van der Waals surface area contributed by atoms with E-state index in [4.69, 9.17) is 37.4 Å². The second-order valence-electron chi connectivity index (χ2n) is 8.52. The highest BCUT2D eigenvalue weighted by Gasteiger charge is 2.31. The molecule has 1 aliphatic heterocycles. The standard InChI is InChI=1S/C28H28Cl2N2O5/c1-19-28(34)32(14-6-16-35-22-7-3-2-4-8-22)24-18-21(11-13-26(24)37-19)31-27(33)9-5-15-36-25-12-10-20(29)17-23(25)30/h2-4,7-8,10-13,17-19H,5-6,9,14-16H2,1H3,(H,31,33). The van der Waals surface area contributed by atoms with E-state index in [1.165, 1.54) is 0 Å². The number of hydrogen-bond acceptors (Lipinski definition) is 5. The van der Waals surface area contributed by atoms with Gasteiger partial charge in [-0.15, -0.1) is 0 Å². The number of nitrogens with zero attached hydrogens (tertiary/aromatic N) is 1. The Morgan fingerprint density at radius 2 is 1.78 bits per heavy atom. The van der Waals surface area contributed by atoms with E-state index in [0.717, 1.165) is 5.75 Å². The highest BCUT2D eigenvalue weighted by molar-refractivity contribution is 6.35. The SMILES string of the molecule is CC1Oc2ccc(NC(=O)CCCOc3ccc(Cl)cc3Cl)cc2N(CCCOc2ccccc2)C1=O. The Morgan fingerprint density at radius 1 is 1.00 bits per heavy atom. The van der Waals surface area contributed by atoms with Crippen LogP contribution in [0, 0.1) is 0 Å². The third-order valence-electron chi connectivity index (χ3n) is 5.69. The van der Waals surface area contributed by atoms with Crippen LogP contribution in [0.4, 0.5) is 11.4 Å². The molecule has 194 valence electrons. The predicted octanol–water partition coefficient (Wildman–Crippen LogP) is 6.37. The zero-order valence-electron chi connectivity index (χ0n) is 20.4. The first kappa shape index (κ1) is 26.6. The lowest BCUT2D eigenvalue weighted by Gasteiger charge is -2.33. The number of carbonyl (C=O) groups is 2. The first-order valence-electron chi connectivity index (χ1n) is 12.1. The van der Waals surface area contributed by atoms with Crippen molar-refractivity contribution >= 4 is 46.4 Å². The summed E-state index contributed by atoms with van der Waals surface area (Å²) in [5.41, 5.74) is 1.21. The van der Waals surface area contributed by atoms with Crippen molar-refractivity contribution in [2.75, 3.05) is 30.0 Å². The second-order valence-corrected chi connectivity index (χ2v) is 9.37. The molecule has 1 unspecified atom stereocenters. The normalized spacial score (nSPS) is 14.5. The van der Waals surface area contributed by atoms with Crippen molar-refractivity contribution in [3.05, 3.63) is 76.8 Å². The summed E-state index contributed by atoms with van der Waals surface area (Å²) in [7, 11) is 0. The van der Waals surface area contributed by atoms with Crippen LogP contribution in [-0.4, -0.2) is 37.7 Å². The minimum atomic E-state index is -0.586. The number of amides is 2. The molecule has 0 aromatic heterocycles. The summed E-state index contributed by atoms with van der Waals surface area (Å²) in [6, 6.07) is 19.8. The molecule has 7 nitrogen and oxygen atoms in total. The Morgan fingerprint density at radius 3 is 2.57 bits per heavy atom. The number of fused-ring (bicyclic) bond motifs is 1. The lowest BCUT2D eigenvalue weighted by molar-refractivity contribution is -0.125. The van der Waals surface area contributed by atoms with Gasteiger partial charge in [0, 0.05) is 23.7 Å². The number of nitrogens with one attached hydrogen (secondary N) is 1. The van der Waals surface area contributed by atoms with E-state index in [9.17, 15) is 9.59 Å². The highest BCUT2D eigenvalue weighted by Crippen LogP contribution is 2.36. The average molecular weight is 543 g/mol. The second kappa shape index (κ2) is 12.7. The van der Waals surface area contributed by atoms with Gasteiger partial charge in [0.25, 0.3) is 5.91 Å². The quantitative estimate of drug-likeness (QED) is 0.284. The van der Waals surface area contributed by atoms with Crippen LogP contribution in [-0.2, 0) is 9.59 Å². The molecule has 0 saturated carbocycles. The molecule has 3 aromatic carbocycles. The van der Waals surface area contributed by atoms with Gasteiger partial charge >= 0.3 is 0 Å². The van der Waals surface area contributed by atoms with E-state index < -0.39 is 6.10 Å². The summed E-state index contributed by atoms with van der Waals surface area (Å²) in [4.78, 5) is 27.1. The van der Waals surface area contributed by atoms with Crippen LogP contribution >= 0.6 is 23.2 Å². The number of halogens is 2. The molecule has 37 heavy (non-hydrogen) atoms. The first-order valence-corrected chi connectivity index (χ1v) is 12.8. The predicted molar refractivity (Wildman–Crippen MR) is 145 cm³/mol. The lowest BCUT2D eigenvalue weighted by atomic mass is 10.1. The van der Waals surface area contributed by atoms with Gasteiger partial charge in [-0.1, -0.05) is 41.4 Å². The van der Waals surface area contributed by atoms with E-state index in [2.05, 4.69) is 5.32 Å². The van der Waals surface area contributed by atoms with E-state index >= 15 is 0 Å². The minimum absolute atomic E-state index is 0.131. The Balaban J connectivity index is 1.30. The van der Waals surface area contributed by atoms with Gasteiger partial charge < -0.3 is 24.4 Å². The maximum atomic E-state index is 12.9. The van der Waals surface area contributed by atoms with Gasteiger partial charge in [0.2, 0.25) is 5.91 Å². The highest BCUT2D eigenvalue weighted by atomic mass is 35.5. The molecule has 1 N–H and O–H groups in total. The molecule has 1 atom stereocenters. The van der Waals surface area contributed by atoms with Gasteiger partial charge in [0.05, 0.1) is 23.9 Å². The van der Waals surface area contributed by atoms with Crippen LogP contribution < -0.4 is 24.4 Å². The van der Waals surface area contributed by atoms with Crippen LogP contribution in [0.5, 0.6) is 17.2 Å². The van der Waals surface area contributed by atoms with Gasteiger partial charge in [-0.2, -0.15) is 0 Å². The number of ether oxygens (including phenoxy) is 3. The average Bonchev–Trinajstić information content (AvgIpc) is 2.88. The molecule has 1 aliphatic rings. The summed E-state index contributed by atoms with van der Waals surface area (Å²) in [6.07, 6.45) is 0.815. The summed E-state index contributed by atoms with van der Waals surface area (Å²) >= 11 is 12.0. The van der Waals surface area contributed by atoms with Crippen LogP contribution in [0.25, 0.3) is 0 Å². The van der Waals surface area contributed by atoms with E-state index in [-0.39, 0.29) is 18.2 Å². The number of hydrogen-bond donors (Lipinski definition) is 1. The van der Waals surface area contributed by atoms with Crippen LogP contribution in [0.2, 0.25) is 10.0 Å². The van der Waals surface area contributed by atoms with Crippen molar-refractivity contribution in [2.24, 2.45) is 0 Å². The molecule has 2 amide bonds. The molecule has 1 heterocycles. The van der Waals surface area contributed by atoms with Gasteiger partial charge in [0.15, 0.2) is 6.10 Å². The smallest absolute Gasteiger partial charge is 0.267 e. The minimum Gasteiger partial charge on any atom is -0.494 e. The number of benzene rings is 3. The van der Waals surface area contributed by atoms with Crippen molar-refractivity contribution in [1.82, 2.24) is 0 Å². The number of anilines is 2. The zero-order valence-corrected chi connectivity index (χ0v) is 21.9. The molecular weight excluding hydrogens is 515 g/mol. The molecular formula is C28H28Cl2N2O5. The van der Waals surface area contributed by atoms with Gasteiger partial charge in [-0.3, -0.25) is 9.59 Å². The van der Waals surface area contributed by atoms with Crippen molar-refractivity contribution in [3.8, 4) is 17.2 Å². The molecule has 0 bridgehead atoms. The third-order valence-corrected chi connectivity index (χ3v) is 6.22. The Labute approximate surface area is 226 Å².